The zero-order valence-electron chi connectivity index (χ0n) is 16.6. The van der Waals surface area contributed by atoms with E-state index < -0.39 is 0 Å². The first-order valence-electron chi connectivity index (χ1n) is 10.2. The topological polar surface area (TPSA) is 50.4 Å². The first-order valence-corrected chi connectivity index (χ1v) is 10.2. The first kappa shape index (κ1) is 18.6. The fourth-order valence-electron chi connectivity index (χ4n) is 4.52. The highest BCUT2D eigenvalue weighted by Gasteiger charge is 2.40. The van der Waals surface area contributed by atoms with Gasteiger partial charge in [0.05, 0.1) is 24.4 Å². The van der Waals surface area contributed by atoms with Gasteiger partial charge in [0, 0.05) is 18.0 Å². The molecule has 28 heavy (non-hydrogen) atoms. The molecule has 0 bridgehead atoms. The van der Waals surface area contributed by atoms with Crippen LogP contribution in [0, 0.1) is 5.92 Å². The Morgan fingerprint density at radius 3 is 2.82 bits per heavy atom. The molecule has 146 valence electrons. The average molecular weight is 377 g/mol. The van der Waals surface area contributed by atoms with E-state index in [4.69, 9.17) is 4.74 Å². The summed E-state index contributed by atoms with van der Waals surface area (Å²) in [5.74, 6) is 1.62. The van der Waals surface area contributed by atoms with Gasteiger partial charge in [0.15, 0.2) is 0 Å². The third-order valence-corrected chi connectivity index (χ3v) is 5.93. The summed E-state index contributed by atoms with van der Waals surface area (Å²) >= 11 is 0. The number of benzene rings is 2. The lowest BCUT2D eigenvalue weighted by Crippen LogP contribution is -2.32. The van der Waals surface area contributed by atoms with Gasteiger partial charge in [-0.1, -0.05) is 55.8 Å². The molecule has 2 aliphatic rings. The van der Waals surface area contributed by atoms with Gasteiger partial charge in [-0.15, -0.1) is 0 Å². The highest BCUT2D eigenvalue weighted by atomic mass is 16.5. The minimum atomic E-state index is -0.00277. The van der Waals surface area contributed by atoms with Crippen LogP contribution in [0.25, 0.3) is 0 Å². The average Bonchev–Trinajstić information content (AvgIpc) is 3.23. The molecule has 4 rings (SSSR count). The lowest BCUT2D eigenvalue weighted by atomic mass is 9.76. The fourth-order valence-corrected chi connectivity index (χ4v) is 4.52. The van der Waals surface area contributed by atoms with Gasteiger partial charge in [0.2, 0.25) is 0 Å². The molecule has 3 unspecified atom stereocenters. The quantitative estimate of drug-likeness (QED) is 0.548. The van der Waals surface area contributed by atoms with Crippen LogP contribution >= 0.6 is 0 Å². The van der Waals surface area contributed by atoms with Crippen LogP contribution in [0.5, 0.6) is 5.75 Å². The van der Waals surface area contributed by atoms with Gasteiger partial charge in [-0.2, -0.15) is 0 Å². The molecule has 0 fully saturated rings. The number of para-hydroxylation sites is 2. The van der Waals surface area contributed by atoms with E-state index in [9.17, 15) is 4.79 Å². The number of hydrogen-bond acceptors (Lipinski definition) is 3. The number of hydrogen-bond donors (Lipinski definition) is 2. The molecule has 4 nitrogen and oxygen atoms in total. The van der Waals surface area contributed by atoms with E-state index in [1.165, 1.54) is 5.56 Å². The van der Waals surface area contributed by atoms with Crippen LogP contribution in [0.1, 0.15) is 59.6 Å². The third kappa shape index (κ3) is 3.28. The van der Waals surface area contributed by atoms with Crippen molar-refractivity contribution in [2.75, 3.05) is 19.0 Å². The number of amides is 1. The largest absolute Gasteiger partial charge is 0.496 e. The molecule has 2 N–H and O–H groups in total. The van der Waals surface area contributed by atoms with Gasteiger partial charge in [0.1, 0.15) is 5.75 Å². The zero-order valence-corrected chi connectivity index (χ0v) is 16.6. The number of carbonyl (C=O) groups excluding carboxylic acids is 1. The number of unbranched alkanes of at least 4 members (excludes halogenated alkanes) is 1. The van der Waals surface area contributed by atoms with E-state index in [-0.39, 0.29) is 11.9 Å². The second-order valence-corrected chi connectivity index (χ2v) is 7.60. The van der Waals surface area contributed by atoms with Crippen LogP contribution in [-0.2, 0) is 0 Å². The van der Waals surface area contributed by atoms with Crippen LogP contribution in [-0.4, -0.2) is 19.6 Å². The molecule has 2 aromatic carbocycles. The van der Waals surface area contributed by atoms with Crippen molar-refractivity contribution in [3.05, 3.63) is 71.3 Å². The Bertz CT molecular complexity index is 890. The number of rotatable bonds is 6. The SMILES string of the molecule is CCCCNC(=O)c1cccc2c1NC(c1ccccc1OC)C1CC=CC21. The van der Waals surface area contributed by atoms with Gasteiger partial charge in [-0.3, -0.25) is 4.79 Å². The van der Waals surface area contributed by atoms with Crippen LogP contribution in [0.3, 0.4) is 0 Å². The molecule has 0 saturated heterocycles. The van der Waals surface area contributed by atoms with Gasteiger partial charge in [0.25, 0.3) is 5.91 Å². The highest BCUT2D eigenvalue weighted by Crippen LogP contribution is 2.51. The second kappa shape index (κ2) is 8.09. The fraction of sp³-hybridized carbons (Fsp3) is 0.375. The summed E-state index contributed by atoms with van der Waals surface area (Å²) in [6.07, 6.45) is 7.64. The maximum Gasteiger partial charge on any atom is 0.253 e. The van der Waals surface area contributed by atoms with Gasteiger partial charge < -0.3 is 15.4 Å². The number of nitrogens with one attached hydrogen (secondary N) is 2. The molecule has 1 heterocycles. The number of methoxy groups -OCH3 is 1. The maximum absolute atomic E-state index is 12.9. The predicted octanol–water partition coefficient (Wildman–Crippen LogP) is 5.05. The molecule has 3 atom stereocenters. The maximum atomic E-state index is 12.9. The third-order valence-electron chi connectivity index (χ3n) is 5.93. The molecular formula is C24H28N2O2. The van der Waals surface area contributed by atoms with E-state index in [2.05, 4.69) is 47.9 Å². The molecule has 4 heteroatoms. The first-order chi connectivity index (χ1) is 13.7. The van der Waals surface area contributed by atoms with Crippen molar-refractivity contribution in [2.24, 2.45) is 5.92 Å². The van der Waals surface area contributed by atoms with Gasteiger partial charge >= 0.3 is 0 Å². The van der Waals surface area contributed by atoms with Crippen LogP contribution in [0.4, 0.5) is 5.69 Å². The Balaban J connectivity index is 1.73. The van der Waals surface area contributed by atoms with E-state index in [1.807, 2.05) is 24.3 Å². The molecule has 1 amide bonds. The van der Waals surface area contributed by atoms with E-state index in [0.29, 0.717) is 18.4 Å². The molecule has 0 aromatic heterocycles. The van der Waals surface area contributed by atoms with Crippen molar-refractivity contribution in [3.63, 3.8) is 0 Å². The summed E-state index contributed by atoms with van der Waals surface area (Å²) in [6.45, 7) is 2.84. The Kier molecular flexibility index (Phi) is 5.38. The van der Waals surface area contributed by atoms with Crippen molar-refractivity contribution in [1.29, 1.82) is 0 Å². The Morgan fingerprint density at radius 1 is 1.18 bits per heavy atom. The van der Waals surface area contributed by atoms with E-state index >= 15 is 0 Å². The van der Waals surface area contributed by atoms with Gasteiger partial charge in [-0.05, 0) is 36.5 Å². The molecule has 1 aliphatic carbocycles. The number of carbonyl (C=O) groups is 1. The number of anilines is 1. The Labute approximate surface area is 167 Å². The molecular weight excluding hydrogens is 348 g/mol. The number of fused-ring (bicyclic) bond motifs is 3. The standard InChI is InChI=1S/C24H28N2O2/c1-3-4-15-25-24(27)20-13-8-12-18-16-10-7-11-17(16)22(26-23(18)20)19-9-5-6-14-21(19)28-2/h5-10,12-14,16-17,22,26H,3-4,11,15H2,1-2H3,(H,25,27). The molecule has 0 saturated carbocycles. The van der Waals surface area contributed by atoms with Crippen molar-refractivity contribution >= 4 is 11.6 Å². The number of ether oxygens (including phenoxy) is 1. The minimum absolute atomic E-state index is 0.00277. The summed E-state index contributed by atoms with van der Waals surface area (Å²) in [4.78, 5) is 12.9. The normalized spacial score (nSPS) is 22.1. The van der Waals surface area contributed by atoms with Crippen molar-refractivity contribution in [1.82, 2.24) is 5.32 Å². The molecule has 0 radical (unpaired) electrons. The zero-order chi connectivity index (χ0) is 19.5. The monoisotopic (exact) mass is 376 g/mol. The lowest BCUT2D eigenvalue weighted by Gasteiger charge is -2.38. The summed E-state index contributed by atoms with van der Waals surface area (Å²) in [5, 5.41) is 6.78. The van der Waals surface area contributed by atoms with E-state index in [1.54, 1.807) is 7.11 Å². The minimum Gasteiger partial charge on any atom is -0.496 e. The predicted molar refractivity (Wildman–Crippen MR) is 113 cm³/mol. The lowest BCUT2D eigenvalue weighted by molar-refractivity contribution is 0.0953. The molecule has 1 aliphatic heterocycles. The summed E-state index contributed by atoms with van der Waals surface area (Å²) in [6, 6.07) is 14.4. The van der Waals surface area contributed by atoms with Crippen molar-refractivity contribution in [3.8, 4) is 5.75 Å². The number of allylic oxidation sites excluding steroid dienone is 2. The van der Waals surface area contributed by atoms with Gasteiger partial charge in [-0.25, -0.2) is 0 Å². The Morgan fingerprint density at radius 2 is 2.00 bits per heavy atom. The molecule has 0 spiro atoms. The van der Waals surface area contributed by atoms with Crippen LogP contribution < -0.4 is 15.4 Å². The van der Waals surface area contributed by atoms with Crippen molar-refractivity contribution < 1.29 is 9.53 Å². The van der Waals surface area contributed by atoms with Crippen LogP contribution in [0.2, 0.25) is 0 Å². The van der Waals surface area contributed by atoms with Crippen molar-refractivity contribution in [2.45, 2.75) is 38.1 Å². The Hall–Kier alpha value is -2.75. The summed E-state index contributed by atoms with van der Waals surface area (Å²) in [7, 11) is 1.71. The smallest absolute Gasteiger partial charge is 0.253 e. The highest BCUT2D eigenvalue weighted by molar-refractivity contribution is 6.00. The second-order valence-electron chi connectivity index (χ2n) is 7.60. The molecule has 2 aromatic rings. The van der Waals surface area contributed by atoms with Crippen LogP contribution in [0.15, 0.2) is 54.6 Å². The van der Waals surface area contributed by atoms with E-state index in [0.717, 1.165) is 41.8 Å². The summed E-state index contributed by atoms with van der Waals surface area (Å²) in [5.41, 5.74) is 4.05. The summed E-state index contributed by atoms with van der Waals surface area (Å²) < 4.78 is 5.64.